The van der Waals surface area contributed by atoms with Crippen molar-refractivity contribution in [1.29, 1.82) is 0 Å². The molecule has 19 heavy (non-hydrogen) atoms. The van der Waals surface area contributed by atoms with Crippen molar-refractivity contribution in [2.75, 3.05) is 13.8 Å². The fourth-order valence-electron chi connectivity index (χ4n) is 1.42. The highest BCUT2D eigenvalue weighted by molar-refractivity contribution is 5.84. The van der Waals surface area contributed by atoms with E-state index in [0.29, 0.717) is 5.56 Å². The molecule has 1 aromatic carbocycles. The van der Waals surface area contributed by atoms with Crippen LogP contribution in [0.2, 0.25) is 0 Å². The first-order chi connectivity index (χ1) is 8.97. The number of ether oxygens (including phenoxy) is 1. The fourth-order valence-corrected chi connectivity index (χ4v) is 1.42. The second-order valence-electron chi connectivity index (χ2n) is 3.76. The molecule has 0 spiro atoms. The zero-order chi connectivity index (χ0) is 14.4. The Balaban J connectivity index is 2.67. The number of nitrogens with one attached hydrogen (secondary N) is 1. The topological polar surface area (TPSA) is 75.6 Å². The van der Waals surface area contributed by atoms with E-state index in [1.54, 1.807) is 0 Å². The number of hydrogen-bond donors (Lipinski definition) is 2. The average molecular weight is 273 g/mol. The lowest BCUT2D eigenvalue weighted by Crippen LogP contribution is -2.43. The number of aliphatic carboxylic acids is 1. The van der Waals surface area contributed by atoms with Crippen molar-refractivity contribution in [1.82, 2.24) is 5.32 Å². The molecular weight excluding hydrogens is 260 g/mol. The van der Waals surface area contributed by atoms with Crippen LogP contribution in [-0.2, 0) is 16.0 Å². The minimum atomic E-state index is -1.59. The number of halogens is 2. The van der Waals surface area contributed by atoms with Crippen molar-refractivity contribution < 1.29 is 28.2 Å². The number of rotatable bonds is 6. The number of carboxylic acid groups (broad SMARTS) is 1. The van der Waals surface area contributed by atoms with Gasteiger partial charge in [0, 0.05) is 0 Å². The Morgan fingerprint density at radius 3 is 2.63 bits per heavy atom. The van der Waals surface area contributed by atoms with Crippen molar-refractivity contribution in [3.8, 4) is 5.75 Å². The molecule has 1 aromatic rings. The number of carbonyl (C=O) groups excluding carboxylic acids is 1. The van der Waals surface area contributed by atoms with Crippen molar-refractivity contribution in [2.24, 2.45) is 0 Å². The van der Waals surface area contributed by atoms with Gasteiger partial charge in [0.2, 0.25) is 5.91 Å². The summed E-state index contributed by atoms with van der Waals surface area (Å²) in [5.74, 6) is -2.75. The summed E-state index contributed by atoms with van der Waals surface area (Å²) in [5, 5.41) is 10.6. The summed E-state index contributed by atoms with van der Waals surface area (Å²) >= 11 is 0. The third kappa shape index (κ3) is 4.20. The van der Waals surface area contributed by atoms with E-state index in [-0.39, 0.29) is 12.2 Å². The smallest absolute Gasteiger partial charge is 0.328 e. The molecule has 1 unspecified atom stereocenters. The number of benzene rings is 1. The molecule has 0 bridgehead atoms. The standard InChI is InChI=1S/C12H13F2NO4/c1-19-10-3-2-7(4-8(10)14)5-11(16)15-9(6-13)12(17)18/h2-4,9H,5-6H2,1H3,(H,15,16)(H,17,18). The monoisotopic (exact) mass is 273 g/mol. The Morgan fingerprint density at radius 1 is 1.47 bits per heavy atom. The first kappa shape index (κ1) is 14.9. The van der Waals surface area contributed by atoms with Gasteiger partial charge in [-0.3, -0.25) is 4.79 Å². The van der Waals surface area contributed by atoms with Gasteiger partial charge in [0.25, 0.3) is 0 Å². The lowest BCUT2D eigenvalue weighted by molar-refractivity contribution is -0.142. The van der Waals surface area contributed by atoms with Gasteiger partial charge in [-0.1, -0.05) is 6.07 Å². The van der Waals surface area contributed by atoms with E-state index in [1.165, 1.54) is 19.2 Å². The minimum absolute atomic E-state index is 0.0383. The number of alkyl halides is 1. The molecule has 0 aliphatic carbocycles. The largest absolute Gasteiger partial charge is 0.494 e. The van der Waals surface area contributed by atoms with Crippen LogP contribution in [0.5, 0.6) is 5.75 Å². The van der Waals surface area contributed by atoms with E-state index in [0.717, 1.165) is 6.07 Å². The van der Waals surface area contributed by atoms with Gasteiger partial charge in [-0.2, -0.15) is 0 Å². The molecule has 1 atom stereocenters. The maximum atomic E-state index is 13.3. The van der Waals surface area contributed by atoms with Gasteiger partial charge >= 0.3 is 5.97 Å². The summed E-state index contributed by atoms with van der Waals surface area (Å²) in [6, 6.07) is 2.33. The first-order valence-corrected chi connectivity index (χ1v) is 5.38. The average Bonchev–Trinajstić information content (AvgIpc) is 2.35. The number of methoxy groups -OCH3 is 1. The van der Waals surface area contributed by atoms with Gasteiger partial charge in [-0.15, -0.1) is 0 Å². The highest BCUT2D eigenvalue weighted by atomic mass is 19.1. The SMILES string of the molecule is COc1ccc(CC(=O)NC(CF)C(=O)O)cc1F. The van der Waals surface area contributed by atoms with E-state index in [9.17, 15) is 18.4 Å². The van der Waals surface area contributed by atoms with Crippen LogP contribution in [0.4, 0.5) is 8.78 Å². The Kier molecular flexibility index (Phi) is 5.23. The number of carboxylic acids is 1. The first-order valence-electron chi connectivity index (χ1n) is 5.38. The maximum absolute atomic E-state index is 13.3. The molecule has 0 heterocycles. The zero-order valence-corrected chi connectivity index (χ0v) is 10.2. The Morgan fingerprint density at radius 2 is 2.16 bits per heavy atom. The third-order valence-corrected chi connectivity index (χ3v) is 2.37. The predicted molar refractivity (Wildman–Crippen MR) is 62.2 cm³/mol. The lowest BCUT2D eigenvalue weighted by atomic mass is 10.1. The molecule has 104 valence electrons. The fraction of sp³-hybridized carbons (Fsp3) is 0.333. The van der Waals surface area contributed by atoms with Crippen LogP contribution in [0.1, 0.15) is 5.56 Å². The van der Waals surface area contributed by atoms with Crippen LogP contribution in [-0.4, -0.2) is 36.8 Å². The van der Waals surface area contributed by atoms with Gasteiger partial charge < -0.3 is 15.2 Å². The number of hydrogen-bond acceptors (Lipinski definition) is 3. The molecule has 0 aliphatic rings. The molecule has 1 amide bonds. The van der Waals surface area contributed by atoms with Gasteiger partial charge in [-0.25, -0.2) is 13.6 Å². The van der Waals surface area contributed by atoms with Gasteiger partial charge in [0.1, 0.15) is 6.67 Å². The van der Waals surface area contributed by atoms with E-state index in [1.807, 2.05) is 5.32 Å². The predicted octanol–water partition coefficient (Wildman–Crippen LogP) is 0.916. The quantitative estimate of drug-likeness (QED) is 0.808. The summed E-state index contributed by atoms with van der Waals surface area (Å²) in [6.07, 6.45) is -0.245. The van der Waals surface area contributed by atoms with E-state index in [4.69, 9.17) is 9.84 Å². The minimum Gasteiger partial charge on any atom is -0.494 e. The van der Waals surface area contributed by atoms with Crippen LogP contribution in [0.3, 0.4) is 0 Å². The normalized spacial score (nSPS) is 11.7. The molecule has 0 fully saturated rings. The van der Waals surface area contributed by atoms with Gasteiger partial charge in [0.05, 0.1) is 13.5 Å². The summed E-state index contributed by atoms with van der Waals surface area (Å²) in [4.78, 5) is 22.0. The van der Waals surface area contributed by atoms with Gasteiger partial charge in [0.15, 0.2) is 17.6 Å². The molecule has 7 heteroatoms. The highest BCUT2D eigenvalue weighted by Crippen LogP contribution is 2.17. The van der Waals surface area contributed by atoms with Crippen molar-refractivity contribution in [3.05, 3.63) is 29.6 Å². The van der Waals surface area contributed by atoms with Crippen LogP contribution < -0.4 is 10.1 Å². The highest BCUT2D eigenvalue weighted by Gasteiger charge is 2.19. The lowest BCUT2D eigenvalue weighted by Gasteiger charge is -2.11. The Bertz CT molecular complexity index is 479. The van der Waals surface area contributed by atoms with Gasteiger partial charge in [-0.05, 0) is 17.7 Å². The molecule has 0 aliphatic heterocycles. The summed E-state index contributed by atoms with van der Waals surface area (Å²) in [6.45, 7) is -1.21. The summed E-state index contributed by atoms with van der Waals surface area (Å²) in [5.41, 5.74) is 0.332. The van der Waals surface area contributed by atoms with E-state index in [2.05, 4.69) is 0 Å². The molecule has 1 rings (SSSR count). The number of amides is 1. The van der Waals surface area contributed by atoms with Crippen molar-refractivity contribution in [3.63, 3.8) is 0 Å². The molecule has 0 saturated carbocycles. The van der Waals surface area contributed by atoms with E-state index < -0.39 is 30.4 Å². The van der Waals surface area contributed by atoms with Crippen molar-refractivity contribution in [2.45, 2.75) is 12.5 Å². The molecule has 0 aromatic heterocycles. The molecular formula is C12H13F2NO4. The second kappa shape index (κ2) is 6.67. The Hall–Kier alpha value is -2.18. The van der Waals surface area contributed by atoms with Crippen molar-refractivity contribution >= 4 is 11.9 Å². The Labute approximate surface area is 108 Å². The summed E-state index contributed by atoms with van der Waals surface area (Å²) < 4.78 is 30.4. The second-order valence-corrected chi connectivity index (χ2v) is 3.76. The molecule has 0 radical (unpaired) electrons. The van der Waals surface area contributed by atoms with E-state index >= 15 is 0 Å². The molecule has 0 saturated heterocycles. The zero-order valence-electron chi connectivity index (χ0n) is 10.2. The maximum Gasteiger partial charge on any atom is 0.328 e. The molecule has 5 nitrogen and oxygen atoms in total. The third-order valence-electron chi connectivity index (χ3n) is 2.37. The summed E-state index contributed by atoms with van der Waals surface area (Å²) in [7, 11) is 1.31. The van der Waals surface area contributed by atoms with Crippen LogP contribution in [0, 0.1) is 5.82 Å². The van der Waals surface area contributed by atoms with Crippen LogP contribution in [0.25, 0.3) is 0 Å². The molecule has 2 N–H and O–H groups in total. The van der Waals surface area contributed by atoms with Crippen LogP contribution >= 0.6 is 0 Å². The van der Waals surface area contributed by atoms with Crippen LogP contribution in [0.15, 0.2) is 18.2 Å². The number of carbonyl (C=O) groups is 2.